The van der Waals surface area contributed by atoms with E-state index in [0.717, 1.165) is 18.4 Å². The molecular formula is C21H18F4N4O2. The Bertz CT molecular complexity index is 1060. The summed E-state index contributed by atoms with van der Waals surface area (Å²) in [6.07, 6.45) is 0.236. The normalized spacial score (nSPS) is 15.0. The van der Waals surface area contributed by atoms with Crippen LogP contribution < -0.4 is 5.32 Å². The van der Waals surface area contributed by atoms with Crippen LogP contribution in [0.3, 0.4) is 0 Å². The molecule has 1 unspecified atom stereocenters. The average Bonchev–Trinajstić information content (AvgIpc) is 3.42. The van der Waals surface area contributed by atoms with Gasteiger partial charge in [-0.1, -0.05) is 12.1 Å². The van der Waals surface area contributed by atoms with E-state index in [1.165, 1.54) is 18.2 Å². The Balaban J connectivity index is 1.57. The number of hydrogen-bond acceptors (Lipinski definition) is 4. The van der Waals surface area contributed by atoms with Crippen molar-refractivity contribution in [2.24, 2.45) is 5.92 Å². The number of alkyl halides is 3. The summed E-state index contributed by atoms with van der Waals surface area (Å²) in [6, 6.07) is 8.25. The molecule has 2 N–H and O–H groups in total. The molecule has 1 aliphatic rings. The van der Waals surface area contributed by atoms with E-state index >= 15 is 0 Å². The van der Waals surface area contributed by atoms with E-state index in [0.29, 0.717) is 24.2 Å². The molecular weight excluding hydrogens is 416 g/mol. The van der Waals surface area contributed by atoms with Crippen LogP contribution in [0.25, 0.3) is 0 Å². The summed E-state index contributed by atoms with van der Waals surface area (Å²) in [5, 5.41) is 7.39. The largest absolute Gasteiger partial charge is 0.432 e. The lowest BCUT2D eigenvalue weighted by Gasteiger charge is -2.19. The van der Waals surface area contributed by atoms with E-state index in [-0.39, 0.29) is 5.69 Å². The van der Waals surface area contributed by atoms with E-state index in [4.69, 9.17) is 4.74 Å². The Labute approximate surface area is 174 Å². The van der Waals surface area contributed by atoms with Crippen molar-refractivity contribution in [1.82, 2.24) is 15.2 Å². The fourth-order valence-electron chi connectivity index (χ4n) is 3.00. The minimum absolute atomic E-state index is 0.192. The van der Waals surface area contributed by atoms with Gasteiger partial charge in [-0.05, 0) is 42.5 Å². The molecule has 1 amide bonds. The number of carbonyl (C=O) groups excluding carboxylic acids is 1. The molecule has 1 atom stereocenters. The predicted octanol–water partition coefficient (Wildman–Crippen LogP) is 4.73. The molecule has 2 aromatic heterocycles. The van der Waals surface area contributed by atoms with Gasteiger partial charge in [-0.25, -0.2) is 4.39 Å². The molecule has 3 aromatic rings. The molecule has 162 valence electrons. The smallest absolute Gasteiger partial charge is 0.368 e. The van der Waals surface area contributed by atoms with Gasteiger partial charge >= 0.3 is 6.18 Å². The van der Waals surface area contributed by atoms with E-state index in [2.05, 4.69) is 15.4 Å². The molecule has 0 spiro atoms. The Morgan fingerprint density at radius 2 is 2.03 bits per heavy atom. The highest BCUT2D eigenvalue weighted by Gasteiger charge is 2.34. The van der Waals surface area contributed by atoms with Crippen LogP contribution in [0.1, 0.15) is 46.3 Å². The molecule has 1 aliphatic carbocycles. The zero-order valence-electron chi connectivity index (χ0n) is 16.1. The number of aromatic amines is 1. The first-order valence-corrected chi connectivity index (χ1v) is 9.56. The Kier molecular flexibility index (Phi) is 5.73. The van der Waals surface area contributed by atoms with E-state index in [1.54, 1.807) is 23.6 Å². The highest BCUT2D eigenvalue weighted by Crippen LogP contribution is 2.34. The van der Waals surface area contributed by atoms with Crippen LogP contribution in [-0.4, -0.2) is 27.7 Å². The molecule has 10 heteroatoms. The Hall–Kier alpha value is -3.27. The number of anilines is 1. The first kappa shape index (κ1) is 21.0. The minimum Gasteiger partial charge on any atom is -0.368 e. The van der Waals surface area contributed by atoms with Crippen LogP contribution in [0.2, 0.25) is 0 Å². The highest BCUT2D eigenvalue weighted by molar-refractivity contribution is 6.03. The lowest BCUT2D eigenvalue weighted by molar-refractivity contribution is -0.141. The van der Waals surface area contributed by atoms with Gasteiger partial charge in [-0.3, -0.25) is 14.9 Å². The molecule has 1 fully saturated rings. The average molecular weight is 434 g/mol. The maximum Gasteiger partial charge on any atom is 0.432 e. The number of pyridine rings is 1. The van der Waals surface area contributed by atoms with Crippen LogP contribution in [0.4, 0.5) is 23.2 Å². The number of rotatable bonds is 7. The number of ether oxygens (including phenoxy) is 1. The fraction of sp³-hybridized carbons (Fsp3) is 0.286. The number of nitrogens with zero attached hydrogens (tertiary/aromatic N) is 2. The Morgan fingerprint density at radius 3 is 2.68 bits per heavy atom. The number of H-pyrrole nitrogens is 1. The van der Waals surface area contributed by atoms with Gasteiger partial charge in [0.25, 0.3) is 5.91 Å². The van der Waals surface area contributed by atoms with Gasteiger partial charge < -0.3 is 10.1 Å². The van der Waals surface area contributed by atoms with Gasteiger partial charge in [0, 0.05) is 24.0 Å². The third-order valence-electron chi connectivity index (χ3n) is 4.84. The number of hydrogen-bond donors (Lipinski definition) is 2. The van der Waals surface area contributed by atoms with E-state index in [1.807, 2.05) is 6.07 Å². The summed E-state index contributed by atoms with van der Waals surface area (Å²) in [6.45, 7) is 0.534. The van der Waals surface area contributed by atoms with Crippen molar-refractivity contribution < 1.29 is 27.1 Å². The number of aromatic nitrogens is 3. The lowest BCUT2D eigenvalue weighted by atomic mass is 10.0. The van der Waals surface area contributed by atoms with Gasteiger partial charge in [0.1, 0.15) is 17.6 Å². The van der Waals surface area contributed by atoms with Gasteiger partial charge in [-0.2, -0.15) is 18.3 Å². The van der Waals surface area contributed by atoms with Crippen molar-refractivity contribution in [3.05, 3.63) is 77.1 Å². The molecule has 1 saturated carbocycles. The second-order valence-corrected chi connectivity index (χ2v) is 7.30. The quantitative estimate of drug-likeness (QED) is 0.527. The van der Waals surface area contributed by atoms with Crippen molar-refractivity contribution in [1.29, 1.82) is 0 Å². The third-order valence-corrected chi connectivity index (χ3v) is 4.84. The van der Waals surface area contributed by atoms with Crippen LogP contribution >= 0.6 is 0 Å². The van der Waals surface area contributed by atoms with Gasteiger partial charge in [0.2, 0.25) is 0 Å². The lowest BCUT2D eigenvalue weighted by Crippen LogP contribution is -2.15. The molecule has 31 heavy (non-hydrogen) atoms. The molecule has 1 aromatic carbocycles. The molecule has 0 saturated heterocycles. The van der Waals surface area contributed by atoms with Gasteiger partial charge in [-0.15, -0.1) is 0 Å². The molecule has 4 rings (SSSR count). The summed E-state index contributed by atoms with van der Waals surface area (Å²) in [7, 11) is 0. The summed E-state index contributed by atoms with van der Waals surface area (Å²) in [4.78, 5) is 16.4. The number of halogens is 4. The highest BCUT2D eigenvalue weighted by atomic mass is 19.4. The summed E-state index contributed by atoms with van der Waals surface area (Å²) < 4.78 is 58.5. The third kappa shape index (κ3) is 5.08. The minimum atomic E-state index is -4.67. The number of benzene rings is 1. The SMILES string of the molecule is O=C(Nc1cc(C(OCC2CC2)c2cccnc2)ccc1F)c1cc(C(F)(F)F)[nH]n1. The predicted molar refractivity (Wildman–Crippen MR) is 103 cm³/mol. The summed E-state index contributed by atoms with van der Waals surface area (Å²) in [5.41, 5.74) is -0.539. The molecule has 0 radical (unpaired) electrons. The first-order chi connectivity index (χ1) is 14.8. The summed E-state index contributed by atoms with van der Waals surface area (Å²) in [5.74, 6) is -1.23. The molecule has 0 bridgehead atoms. The van der Waals surface area contributed by atoms with Crippen molar-refractivity contribution in [3.63, 3.8) is 0 Å². The number of amides is 1. The van der Waals surface area contributed by atoms with Gasteiger partial charge in [0.15, 0.2) is 5.69 Å². The first-order valence-electron chi connectivity index (χ1n) is 9.56. The fourth-order valence-corrected chi connectivity index (χ4v) is 3.00. The van der Waals surface area contributed by atoms with E-state index in [9.17, 15) is 22.4 Å². The standard InChI is InChI=1S/C21H18F4N4O2/c22-15-6-5-13(19(31-11-12-3-4-12)14-2-1-7-26-10-14)8-16(15)27-20(30)17-9-18(29-28-17)21(23,24)25/h1-2,5-10,12,19H,3-4,11H2,(H,27,30)(H,28,29). The van der Waals surface area contributed by atoms with Crippen LogP contribution in [0, 0.1) is 11.7 Å². The molecule has 0 aliphatic heterocycles. The zero-order chi connectivity index (χ0) is 22.0. The maximum atomic E-state index is 14.4. The van der Waals surface area contributed by atoms with Gasteiger partial charge in [0.05, 0.1) is 12.3 Å². The van der Waals surface area contributed by atoms with Crippen molar-refractivity contribution >= 4 is 11.6 Å². The van der Waals surface area contributed by atoms with Crippen molar-refractivity contribution in [2.45, 2.75) is 25.1 Å². The van der Waals surface area contributed by atoms with Crippen molar-refractivity contribution in [3.8, 4) is 0 Å². The van der Waals surface area contributed by atoms with Crippen LogP contribution in [0.15, 0.2) is 48.8 Å². The topological polar surface area (TPSA) is 79.9 Å². The Morgan fingerprint density at radius 1 is 1.23 bits per heavy atom. The maximum absolute atomic E-state index is 14.4. The van der Waals surface area contributed by atoms with Crippen molar-refractivity contribution in [2.75, 3.05) is 11.9 Å². The number of nitrogens with one attached hydrogen (secondary N) is 2. The second-order valence-electron chi connectivity index (χ2n) is 7.30. The molecule has 6 nitrogen and oxygen atoms in total. The van der Waals surface area contributed by atoms with E-state index < -0.39 is 35.4 Å². The molecule has 2 heterocycles. The monoisotopic (exact) mass is 434 g/mol. The van der Waals surface area contributed by atoms with Crippen LogP contribution in [-0.2, 0) is 10.9 Å². The number of carbonyl (C=O) groups is 1. The zero-order valence-corrected chi connectivity index (χ0v) is 16.1. The van der Waals surface area contributed by atoms with Crippen LogP contribution in [0.5, 0.6) is 0 Å². The summed E-state index contributed by atoms with van der Waals surface area (Å²) >= 11 is 0. The second kappa shape index (κ2) is 8.46.